The van der Waals surface area contributed by atoms with Crippen LogP contribution in [0.25, 0.3) is 0 Å². The first-order chi connectivity index (χ1) is 5.75. The van der Waals surface area contributed by atoms with Gasteiger partial charge in [-0.25, -0.2) is 0 Å². The highest BCUT2D eigenvalue weighted by molar-refractivity contribution is 5.19. The first kappa shape index (κ1) is 9.27. The lowest BCUT2D eigenvalue weighted by Gasteiger charge is -2.18. The summed E-state index contributed by atoms with van der Waals surface area (Å²) in [6, 6.07) is 10.4. The fraction of sp³-hybridized carbons (Fsp3) is 0.455. The van der Waals surface area contributed by atoms with Gasteiger partial charge in [0.15, 0.2) is 0 Å². The second-order valence-corrected chi connectivity index (χ2v) is 3.14. The summed E-state index contributed by atoms with van der Waals surface area (Å²) in [7, 11) is 1.75. The maximum atomic E-state index is 5.27. The molecule has 2 unspecified atom stereocenters. The van der Waals surface area contributed by atoms with Crippen LogP contribution in [0.3, 0.4) is 0 Å². The predicted molar refractivity (Wildman–Crippen MR) is 51.3 cm³/mol. The molecule has 0 amide bonds. The van der Waals surface area contributed by atoms with Crippen molar-refractivity contribution in [3.63, 3.8) is 0 Å². The Morgan fingerprint density at radius 1 is 1.08 bits per heavy atom. The van der Waals surface area contributed by atoms with Gasteiger partial charge in [-0.3, -0.25) is 0 Å². The average Bonchev–Trinajstić information content (AvgIpc) is 2.17. The number of methoxy groups -OCH3 is 1. The zero-order chi connectivity index (χ0) is 8.97. The third kappa shape index (κ3) is 2.08. The summed E-state index contributed by atoms with van der Waals surface area (Å²) in [4.78, 5) is 0. The summed E-state index contributed by atoms with van der Waals surface area (Å²) in [5.74, 6) is 0.469. The quantitative estimate of drug-likeness (QED) is 0.667. The molecule has 0 aliphatic heterocycles. The van der Waals surface area contributed by atoms with E-state index >= 15 is 0 Å². The van der Waals surface area contributed by atoms with E-state index in [0.717, 1.165) is 0 Å². The van der Waals surface area contributed by atoms with E-state index in [-0.39, 0.29) is 6.10 Å². The van der Waals surface area contributed by atoms with Crippen molar-refractivity contribution in [3.8, 4) is 0 Å². The standard InChI is InChI=1S/C11H16O/c1-9(10(2)12-3)11-7-5-4-6-8-11/h4-10H,1-3H3. The lowest BCUT2D eigenvalue weighted by molar-refractivity contribution is 0.0990. The molecule has 0 aliphatic rings. The molecule has 0 aliphatic carbocycles. The normalized spacial score (nSPS) is 15.6. The van der Waals surface area contributed by atoms with E-state index in [0.29, 0.717) is 5.92 Å². The molecule has 1 nitrogen and oxygen atoms in total. The van der Waals surface area contributed by atoms with E-state index in [9.17, 15) is 0 Å². The van der Waals surface area contributed by atoms with Crippen molar-refractivity contribution in [3.05, 3.63) is 35.9 Å². The molecule has 0 saturated carbocycles. The molecule has 66 valence electrons. The first-order valence-electron chi connectivity index (χ1n) is 4.33. The number of hydrogen-bond acceptors (Lipinski definition) is 1. The van der Waals surface area contributed by atoms with Gasteiger partial charge in [-0.15, -0.1) is 0 Å². The first-order valence-corrected chi connectivity index (χ1v) is 4.33. The summed E-state index contributed by atoms with van der Waals surface area (Å²) in [5.41, 5.74) is 1.34. The molecule has 0 N–H and O–H groups in total. The Kier molecular flexibility index (Phi) is 3.30. The van der Waals surface area contributed by atoms with Crippen LogP contribution in [0.1, 0.15) is 25.3 Å². The van der Waals surface area contributed by atoms with Gasteiger partial charge in [0.1, 0.15) is 0 Å². The van der Waals surface area contributed by atoms with E-state index < -0.39 is 0 Å². The maximum Gasteiger partial charge on any atom is 0.0609 e. The van der Waals surface area contributed by atoms with E-state index in [1.807, 2.05) is 6.07 Å². The molecule has 1 aromatic carbocycles. The molecular weight excluding hydrogens is 148 g/mol. The minimum Gasteiger partial charge on any atom is -0.381 e. The van der Waals surface area contributed by atoms with Gasteiger partial charge in [0, 0.05) is 13.0 Å². The Morgan fingerprint density at radius 2 is 1.67 bits per heavy atom. The zero-order valence-corrected chi connectivity index (χ0v) is 7.95. The van der Waals surface area contributed by atoms with Gasteiger partial charge in [0.2, 0.25) is 0 Å². The molecule has 1 aromatic rings. The minimum atomic E-state index is 0.285. The summed E-state index contributed by atoms with van der Waals surface area (Å²) in [5, 5.41) is 0. The summed E-state index contributed by atoms with van der Waals surface area (Å²) < 4.78 is 5.27. The molecule has 0 radical (unpaired) electrons. The van der Waals surface area contributed by atoms with E-state index in [4.69, 9.17) is 4.74 Å². The lowest BCUT2D eigenvalue weighted by Crippen LogP contribution is -2.13. The van der Waals surface area contributed by atoms with Crippen LogP contribution in [-0.2, 0) is 4.74 Å². The number of rotatable bonds is 3. The molecule has 0 heterocycles. The van der Waals surface area contributed by atoms with E-state index in [1.165, 1.54) is 5.56 Å². The molecule has 0 bridgehead atoms. The number of benzene rings is 1. The zero-order valence-electron chi connectivity index (χ0n) is 7.95. The average molecular weight is 164 g/mol. The minimum absolute atomic E-state index is 0.285. The Bertz CT molecular complexity index is 218. The van der Waals surface area contributed by atoms with Crippen LogP contribution in [0.5, 0.6) is 0 Å². The van der Waals surface area contributed by atoms with Crippen LogP contribution < -0.4 is 0 Å². The van der Waals surface area contributed by atoms with Crippen molar-refractivity contribution in [1.82, 2.24) is 0 Å². The lowest BCUT2D eigenvalue weighted by atomic mass is 9.96. The van der Waals surface area contributed by atoms with Gasteiger partial charge < -0.3 is 4.74 Å². The van der Waals surface area contributed by atoms with E-state index in [2.05, 4.69) is 38.1 Å². The van der Waals surface area contributed by atoms with Crippen molar-refractivity contribution in [2.24, 2.45) is 0 Å². The molecular formula is C11H16O. The molecule has 2 atom stereocenters. The fourth-order valence-corrected chi connectivity index (χ4v) is 1.23. The van der Waals surface area contributed by atoms with Crippen molar-refractivity contribution >= 4 is 0 Å². The van der Waals surface area contributed by atoms with Crippen molar-refractivity contribution < 1.29 is 4.74 Å². The van der Waals surface area contributed by atoms with Crippen LogP contribution in [-0.4, -0.2) is 13.2 Å². The van der Waals surface area contributed by atoms with Gasteiger partial charge in [-0.1, -0.05) is 37.3 Å². The maximum absolute atomic E-state index is 5.27. The van der Waals surface area contributed by atoms with Gasteiger partial charge in [-0.2, -0.15) is 0 Å². The van der Waals surface area contributed by atoms with Crippen LogP contribution in [0.4, 0.5) is 0 Å². The molecule has 1 rings (SSSR count). The highest BCUT2D eigenvalue weighted by atomic mass is 16.5. The van der Waals surface area contributed by atoms with Crippen LogP contribution in [0.15, 0.2) is 30.3 Å². The van der Waals surface area contributed by atoms with Crippen LogP contribution in [0, 0.1) is 0 Å². The van der Waals surface area contributed by atoms with Crippen molar-refractivity contribution in [2.75, 3.05) is 7.11 Å². The monoisotopic (exact) mass is 164 g/mol. The SMILES string of the molecule is COC(C)C(C)c1ccccc1. The molecule has 12 heavy (non-hydrogen) atoms. The second-order valence-electron chi connectivity index (χ2n) is 3.14. The summed E-state index contributed by atoms with van der Waals surface area (Å²) in [6.07, 6.45) is 0.285. The highest BCUT2D eigenvalue weighted by Crippen LogP contribution is 2.19. The Morgan fingerprint density at radius 3 is 2.17 bits per heavy atom. The van der Waals surface area contributed by atoms with Gasteiger partial charge in [0.25, 0.3) is 0 Å². The Labute approximate surface area is 74.4 Å². The fourth-order valence-electron chi connectivity index (χ4n) is 1.23. The van der Waals surface area contributed by atoms with Crippen LogP contribution in [0.2, 0.25) is 0 Å². The van der Waals surface area contributed by atoms with Crippen molar-refractivity contribution in [1.29, 1.82) is 0 Å². The van der Waals surface area contributed by atoms with Gasteiger partial charge in [0.05, 0.1) is 6.10 Å². The molecule has 0 aromatic heterocycles. The van der Waals surface area contributed by atoms with Gasteiger partial charge in [-0.05, 0) is 12.5 Å². The number of hydrogen-bond donors (Lipinski definition) is 0. The topological polar surface area (TPSA) is 9.23 Å². The smallest absolute Gasteiger partial charge is 0.0609 e. The molecule has 0 saturated heterocycles. The summed E-state index contributed by atoms with van der Waals surface area (Å²) in [6.45, 7) is 4.28. The predicted octanol–water partition coefficient (Wildman–Crippen LogP) is 2.83. The number of ether oxygens (including phenoxy) is 1. The largest absolute Gasteiger partial charge is 0.381 e. The molecule has 1 heteroatoms. The molecule has 0 fully saturated rings. The highest BCUT2D eigenvalue weighted by Gasteiger charge is 2.12. The Hall–Kier alpha value is -0.820. The Balaban J connectivity index is 2.71. The van der Waals surface area contributed by atoms with Gasteiger partial charge >= 0.3 is 0 Å². The summed E-state index contributed by atoms with van der Waals surface area (Å²) >= 11 is 0. The molecule has 0 spiro atoms. The van der Waals surface area contributed by atoms with Crippen LogP contribution >= 0.6 is 0 Å². The van der Waals surface area contributed by atoms with Crippen molar-refractivity contribution in [2.45, 2.75) is 25.9 Å². The second kappa shape index (κ2) is 4.27. The third-order valence-electron chi connectivity index (χ3n) is 2.40. The van der Waals surface area contributed by atoms with E-state index in [1.54, 1.807) is 7.11 Å². The third-order valence-corrected chi connectivity index (χ3v) is 2.40.